The molecule has 0 aliphatic carbocycles. The Morgan fingerprint density at radius 1 is 1.47 bits per heavy atom. The zero-order valence-corrected chi connectivity index (χ0v) is 11.0. The number of alkyl halides is 3. The number of hydrogen-bond donors (Lipinski definition) is 2. The van der Waals surface area contributed by atoms with Crippen molar-refractivity contribution in [2.75, 3.05) is 5.32 Å². The molecule has 0 heterocycles. The summed E-state index contributed by atoms with van der Waals surface area (Å²) >= 11 is 5.53. The Morgan fingerprint density at radius 3 is 2.63 bits per heavy atom. The first kappa shape index (κ1) is 15.8. The van der Waals surface area contributed by atoms with Crippen LogP contribution in [0.15, 0.2) is 18.2 Å². The third-order valence-corrected chi connectivity index (χ3v) is 2.77. The van der Waals surface area contributed by atoms with Gasteiger partial charge in [0.2, 0.25) is 5.91 Å². The largest absolute Gasteiger partial charge is 0.418 e. The molecule has 3 nitrogen and oxygen atoms in total. The number of hydrogen-bond acceptors (Lipinski definition) is 2. The molecule has 0 fully saturated rings. The van der Waals surface area contributed by atoms with Gasteiger partial charge < -0.3 is 11.1 Å². The van der Waals surface area contributed by atoms with Crippen LogP contribution in [0.5, 0.6) is 0 Å². The molecule has 1 atom stereocenters. The van der Waals surface area contributed by atoms with E-state index in [9.17, 15) is 18.0 Å². The van der Waals surface area contributed by atoms with Crippen molar-refractivity contribution in [3.63, 3.8) is 0 Å². The number of carbonyl (C=O) groups is 1. The van der Waals surface area contributed by atoms with Crippen LogP contribution in [0.4, 0.5) is 18.9 Å². The van der Waals surface area contributed by atoms with Crippen LogP contribution in [0.1, 0.15) is 25.3 Å². The van der Waals surface area contributed by atoms with Gasteiger partial charge in [0.25, 0.3) is 0 Å². The van der Waals surface area contributed by atoms with Crippen molar-refractivity contribution in [3.8, 4) is 0 Å². The summed E-state index contributed by atoms with van der Waals surface area (Å²) in [5.74, 6) is -0.554. The van der Waals surface area contributed by atoms with Crippen LogP contribution >= 0.6 is 11.6 Å². The van der Waals surface area contributed by atoms with Crippen LogP contribution < -0.4 is 11.1 Å². The number of nitrogens with one attached hydrogen (secondary N) is 1. The van der Waals surface area contributed by atoms with E-state index >= 15 is 0 Å². The maximum atomic E-state index is 12.8. The lowest BCUT2D eigenvalue weighted by atomic mass is 10.1. The molecule has 0 aromatic heterocycles. The normalized spacial score (nSPS) is 13.2. The second kappa shape index (κ2) is 6.25. The van der Waals surface area contributed by atoms with Gasteiger partial charge in [-0.3, -0.25) is 4.79 Å². The topological polar surface area (TPSA) is 55.1 Å². The first-order chi connectivity index (χ1) is 8.74. The van der Waals surface area contributed by atoms with Crippen molar-refractivity contribution in [1.82, 2.24) is 0 Å². The van der Waals surface area contributed by atoms with Gasteiger partial charge in [-0.15, -0.1) is 0 Å². The standard InChI is InChI=1S/C12H14ClF3N2O/c1-2-8(17)6-11(19)18-10-4-3-7(13)5-9(10)12(14,15)16/h3-5,8H,2,6,17H2,1H3,(H,18,19). The minimum atomic E-state index is -4.58. The molecule has 0 saturated carbocycles. The van der Waals surface area contributed by atoms with E-state index in [0.717, 1.165) is 12.1 Å². The lowest BCUT2D eigenvalue weighted by molar-refractivity contribution is -0.137. The summed E-state index contributed by atoms with van der Waals surface area (Å²) in [6.07, 6.45) is -4.04. The van der Waals surface area contributed by atoms with Crippen LogP contribution in [0.25, 0.3) is 0 Å². The summed E-state index contributed by atoms with van der Waals surface area (Å²) in [5, 5.41) is 2.17. The van der Waals surface area contributed by atoms with Gasteiger partial charge in [-0.05, 0) is 24.6 Å². The Hall–Kier alpha value is -1.27. The highest BCUT2D eigenvalue weighted by atomic mass is 35.5. The monoisotopic (exact) mass is 294 g/mol. The third kappa shape index (κ3) is 4.72. The highest BCUT2D eigenvalue weighted by Crippen LogP contribution is 2.36. The van der Waals surface area contributed by atoms with Crippen molar-refractivity contribution in [3.05, 3.63) is 28.8 Å². The molecule has 1 rings (SSSR count). The van der Waals surface area contributed by atoms with Crippen molar-refractivity contribution in [2.24, 2.45) is 5.73 Å². The summed E-state index contributed by atoms with van der Waals surface area (Å²) in [6, 6.07) is 2.81. The number of anilines is 1. The SMILES string of the molecule is CCC(N)CC(=O)Nc1ccc(Cl)cc1C(F)(F)F. The average Bonchev–Trinajstić information content (AvgIpc) is 2.29. The van der Waals surface area contributed by atoms with E-state index < -0.39 is 17.6 Å². The molecule has 0 aliphatic heterocycles. The third-order valence-electron chi connectivity index (χ3n) is 2.53. The molecule has 1 unspecified atom stereocenters. The molecular formula is C12H14ClF3N2O. The highest BCUT2D eigenvalue weighted by molar-refractivity contribution is 6.30. The Bertz CT molecular complexity index is 463. The minimum Gasteiger partial charge on any atom is -0.327 e. The number of rotatable bonds is 4. The van der Waals surface area contributed by atoms with Gasteiger partial charge in [0.05, 0.1) is 11.3 Å². The second-order valence-electron chi connectivity index (χ2n) is 4.11. The fraction of sp³-hybridized carbons (Fsp3) is 0.417. The Balaban J connectivity index is 2.92. The van der Waals surface area contributed by atoms with E-state index in [2.05, 4.69) is 5.32 Å². The summed E-state index contributed by atoms with van der Waals surface area (Å²) in [7, 11) is 0. The zero-order chi connectivity index (χ0) is 14.6. The van der Waals surface area contributed by atoms with Gasteiger partial charge >= 0.3 is 6.18 Å². The molecule has 1 aromatic carbocycles. The molecule has 19 heavy (non-hydrogen) atoms. The second-order valence-corrected chi connectivity index (χ2v) is 4.54. The minimum absolute atomic E-state index is 0.0313. The van der Waals surface area contributed by atoms with E-state index in [-0.39, 0.29) is 23.2 Å². The molecule has 1 amide bonds. The Labute approximate surface area is 113 Å². The van der Waals surface area contributed by atoms with Gasteiger partial charge in [-0.1, -0.05) is 18.5 Å². The van der Waals surface area contributed by atoms with Gasteiger partial charge in [-0.2, -0.15) is 13.2 Å². The van der Waals surface area contributed by atoms with E-state index in [1.54, 1.807) is 6.92 Å². The first-order valence-electron chi connectivity index (χ1n) is 5.66. The number of halogens is 4. The molecule has 3 N–H and O–H groups in total. The van der Waals surface area contributed by atoms with Crippen LogP contribution in [-0.4, -0.2) is 11.9 Å². The van der Waals surface area contributed by atoms with Crippen LogP contribution in [-0.2, 0) is 11.0 Å². The molecule has 0 radical (unpaired) electrons. The molecule has 0 saturated heterocycles. The summed E-state index contributed by atoms with van der Waals surface area (Å²) in [6.45, 7) is 1.79. The fourth-order valence-corrected chi connectivity index (χ4v) is 1.62. The van der Waals surface area contributed by atoms with Crippen molar-refractivity contribution in [2.45, 2.75) is 32.0 Å². The Kier molecular flexibility index (Phi) is 5.20. The summed E-state index contributed by atoms with van der Waals surface area (Å²) in [4.78, 5) is 11.6. The molecule has 7 heteroatoms. The van der Waals surface area contributed by atoms with E-state index in [0.29, 0.717) is 6.42 Å². The quantitative estimate of drug-likeness (QED) is 0.894. The predicted octanol–water partition coefficient (Wildman–Crippen LogP) is 3.42. The van der Waals surface area contributed by atoms with Gasteiger partial charge in [-0.25, -0.2) is 0 Å². The number of nitrogens with two attached hydrogens (primary N) is 1. The van der Waals surface area contributed by atoms with E-state index in [4.69, 9.17) is 17.3 Å². The fourth-order valence-electron chi connectivity index (χ4n) is 1.44. The van der Waals surface area contributed by atoms with Gasteiger partial charge in [0.1, 0.15) is 0 Å². The molecule has 0 spiro atoms. The summed E-state index contributed by atoms with van der Waals surface area (Å²) in [5.41, 5.74) is 4.28. The van der Waals surface area contributed by atoms with E-state index in [1.165, 1.54) is 6.07 Å². The van der Waals surface area contributed by atoms with Crippen LogP contribution in [0.3, 0.4) is 0 Å². The van der Waals surface area contributed by atoms with Crippen LogP contribution in [0.2, 0.25) is 5.02 Å². The predicted molar refractivity (Wildman–Crippen MR) is 68.0 cm³/mol. The van der Waals surface area contributed by atoms with Crippen molar-refractivity contribution in [1.29, 1.82) is 0 Å². The maximum Gasteiger partial charge on any atom is 0.418 e. The van der Waals surface area contributed by atoms with Gasteiger partial charge in [0, 0.05) is 17.5 Å². The van der Waals surface area contributed by atoms with Gasteiger partial charge in [0.15, 0.2) is 0 Å². The number of carbonyl (C=O) groups excluding carboxylic acids is 1. The number of benzene rings is 1. The van der Waals surface area contributed by atoms with E-state index in [1.807, 2.05) is 0 Å². The van der Waals surface area contributed by atoms with Crippen molar-refractivity contribution >= 4 is 23.2 Å². The molecule has 0 aliphatic rings. The lowest BCUT2D eigenvalue weighted by Crippen LogP contribution is -2.27. The van der Waals surface area contributed by atoms with Crippen molar-refractivity contribution < 1.29 is 18.0 Å². The highest BCUT2D eigenvalue weighted by Gasteiger charge is 2.34. The summed E-state index contributed by atoms with van der Waals surface area (Å²) < 4.78 is 38.3. The molecule has 106 valence electrons. The molecule has 0 bridgehead atoms. The molecular weight excluding hydrogens is 281 g/mol. The first-order valence-corrected chi connectivity index (χ1v) is 6.04. The Morgan fingerprint density at radius 2 is 2.11 bits per heavy atom. The average molecular weight is 295 g/mol. The zero-order valence-electron chi connectivity index (χ0n) is 10.2. The number of amides is 1. The maximum absolute atomic E-state index is 12.8. The van der Waals surface area contributed by atoms with Crippen LogP contribution in [0, 0.1) is 0 Å². The smallest absolute Gasteiger partial charge is 0.327 e. The molecule has 1 aromatic rings. The lowest BCUT2D eigenvalue weighted by Gasteiger charge is -2.15.